The summed E-state index contributed by atoms with van der Waals surface area (Å²) >= 11 is 0. The van der Waals surface area contributed by atoms with Crippen LogP contribution in [0.2, 0.25) is 0 Å². The molecule has 0 unspecified atom stereocenters. The molecule has 6 nitrogen and oxygen atoms in total. The lowest BCUT2D eigenvalue weighted by atomic mass is 10.0. The topological polar surface area (TPSA) is 86.5 Å². The molecular formula is C17H19NO5S. The van der Waals surface area contributed by atoms with Gasteiger partial charge in [0.25, 0.3) is 5.69 Å². The molecule has 0 radical (unpaired) electrons. The highest BCUT2D eigenvalue weighted by Gasteiger charge is 2.23. The number of hydrogen-bond donors (Lipinski definition) is 0. The van der Waals surface area contributed by atoms with E-state index in [0.717, 1.165) is 17.2 Å². The van der Waals surface area contributed by atoms with Gasteiger partial charge in [0.05, 0.1) is 4.92 Å². The van der Waals surface area contributed by atoms with Gasteiger partial charge in [0.15, 0.2) is 0 Å². The van der Waals surface area contributed by atoms with Gasteiger partial charge in [-0.15, -0.1) is 0 Å². The molecular weight excluding hydrogens is 330 g/mol. The lowest BCUT2D eigenvalue weighted by molar-refractivity contribution is -0.385. The molecule has 0 N–H and O–H groups in total. The third-order valence-corrected chi connectivity index (χ3v) is 5.02. The molecule has 2 aromatic carbocycles. The number of aryl methyl sites for hydroxylation is 2. The molecule has 0 aromatic heterocycles. The van der Waals surface area contributed by atoms with E-state index in [1.54, 1.807) is 6.07 Å². The fourth-order valence-electron chi connectivity index (χ4n) is 2.38. The van der Waals surface area contributed by atoms with Crippen LogP contribution in [0.3, 0.4) is 0 Å². The Bertz CT molecular complexity index is 888. The van der Waals surface area contributed by atoms with Crippen LogP contribution in [-0.2, 0) is 10.1 Å². The van der Waals surface area contributed by atoms with Crippen LogP contribution >= 0.6 is 0 Å². The second kappa shape index (κ2) is 6.60. The van der Waals surface area contributed by atoms with E-state index in [1.165, 1.54) is 19.1 Å². The predicted octanol–water partition coefficient (Wildman–Crippen LogP) is 4.10. The molecule has 0 heterocycles. The molecule has 7 heteroatoms. The largest absolute Gasteiger partial charge is 0.379 e. The lowest BCUT2D eigenvalue weighted by Crippen LogP contribution is -2.13. The Morgan fingerprint density at radius 2 is 1.75 bits per heavy atom. The van der Waals surface area contributed by atoms with E-state index in [1.807, 2.05) is 32.9 Å². The summed E-state index contributed by atoms with van der Waals surface area (Å²) in [6, 6.07) is 8.99. The number of nitrogens with zero attached hydrogens (tertiary/aromatic N) is 1. The summed E-state index contributed by atoms with van der Waals surface area (Å²) in [6.07, 6.45) is 0. The van der Waals surface area contributed by atoms with Gasteiger partial charge < -0.3 is 4.18 Å². The molecule has 0 bridgehead atoms. The molecule has 128 valence electrons. The van der Waals surface area contributed by atoms with Gasteiger partial charge in [-0.3, -0.25) is 10.1 Å². The second-order valence-corrected chi connectivity index (χ2v) is 7.46. The molecule has 0 saturated carbocycles. The molecule has 0 aliphatic carbocycles. The van der Waals surface area contributed by atoms with Gasteiger partial charge in [-0.25, -0.2) is 0 Å². The minimum absolute atomic E-state index is 0.0793. The van der Waals surface area contributed by atoms with Crippen LogP contribution in [0.5, 0.6) is 5.75 Å². The Morgan fingerprint density at radius 3 is 2.29 bits per heavy atom. The maximum atomic E-state index is 12.6. The fraction of sp³-hybridized carbons (Fsp3) is 0.294. The first kappa shape index (κ1) is 17.9. The zero-order valence-electron chi connectivity index (χ0n) is 13.9. The Balaban J connectivity index is 2.46. The second-order valence-electron chi connectivity index (χ2n) is 5.94. The highest BCUT2D eigenvalue weighted by molar-refractivity contribution is 7.87. The molecule has 0 saturated heterocycles. The quantitative estimate of drug-likeness (QED) is 0.461. The van der Waals surface area contributed by atoms with E-state index in [-0.39, 0.29) is 27.8 Å². The van der Waals surface area contributed by atoms with Crippen molar-refractivity contribution in [1.82, 2.24) is 0 Å². The fourth-order valence-corrected chi connectivity index (χ4v) is 3.54. The number of rotatable bonds is 5. The standard InChI is InChI=1S/C17H19NO5S/c1-11(2)15-7-5-12(3)9-16(15)23-24(21,22)17-8-6-14(18(19)20)10-13(17)4/h5-11H,1-4H3. The van der Waals surface area contributed by atoms with Crippen LogP contribution in [0.25, 0.3) is 0 Å². The number of non-ortho nitro benzene ring substituents is 1. The van der Waals surface area contributed by atoms with Gasteiger partial charge in [-0.1, -0.05) is 26.0 Å². The maximum absolute atomic E-state index is 12.6. The van der Waals surface area contributed by atoms with E-state index >= 15 is 0 Å². The molecule has 2 aromatic rings. The smallest absolute Gasteiger partial charge is 0.339 e. The Labute approximate surface area is 141 Å². The molecule has 0 fully saturated rings. The molecule has 24 heavy (non-hydrogen) atoms. The minimum atomic E-state index is -4.08. The molecule has 0 aliphatic heterocycles. The van der Waals surface area contributed by atoms with Crippen molar-refractivity contribution < 1.29 is 17.5 Å². The summed E-state index contributed by atoms with van der Waals surface area (Å²) in [5, 5.41) is 10.8. The van der Waals surface area contributed by atoms with E-state index in [2.05, 4.69) is 0 Å². The average Bonchev–Trinajstić information content (AvgIpc) is 2.45. The monoisotopic (exact) mass is 349 g/mol. The third-order valence-electron chi connectivity index (χ3n) is 3.63. The normalized spacial score (nSPS) is 11.5. The van der Waals surface area contributed by atoms with Crippen molar-refractivity contribution in [3.05, 3.63) is 63.2 Å². The van der Waals surface area contributed by atoms with Crippen molar-refractivity contribution in [3.63, 3.8) is 0 Å². The Kier molecular flexibility index (Phi) is 4.94. The van der Waals surface area contributed by atoms with E-state index in [4.69, 9.17) is 4.18 Å². The van der Waals surface area contributed by atoms with Crippen molar-refractivity contribution in [2.45, 2.75) is 38.5 Å². The number of benzene rings is 2. The van der Waals surface area contributed by atoms with Crippen molar-refractivity contribution in [2.75, 3.05) is 0 Å². The molecule has 0 aliphatic rings. The van der Waals surface area contributed by atoms with Gasteiger partial charge in [-0.05, 0) is 48.6 Å². The van der Waals surface area contributed by atoms with Crippen molar-refractivity contribution in [1.29, 1.82) is 0 Å². The summed E-state index contributed by atoms with van der Waals surface area (Å²) in [5.74, 6) is 0.372. The highest BCUT2D eigenvalue weighted by atomic mass is 32.2. The van der Waals surface area contributed by atoms with E-state index in [0.29, 0.717) is 0 Å². The average molecular weight is 349 g/mol. The van der Waals surface area contributed by atoms with Gasteiger partial charge in [0, 0.05) is 12.1 Å². The van der Waals surface area contributed by atoms with Crippen LogP contribution in [0.1, 0.15) is 36.5 Å². The summed E-state index contributed by atoms with van der Waals surface area (Å²) in [5.41, 5.74) is 1.77. The highest BCUT2D eigenvalue weighted by Crippen LogP contribution is 2.31. The number of nitro groups is 1. The predicted molar refractivity (Wildman–Crippen MR) is 90.9 cm³/mol. The Hall–Kier alpha value is -2.41. The molecule has 0 amide bonds. The lowest BCUT2D eigenvalue weighted by Gasteiger charge is -2.15. The zero-order chi connectivity index (χ0) is 18.1. The van der Waals surface area contributed by atoms with E-state index < -0.39 is 15.0 Å². The summed E-state index contributed by atoms with van der Waals surface area (Å²) in [6.45, 7) is 7.24. The molecule has 0 spiro atoms. The van der Waals surface area contributed by atoms with Gasteiger partial charge >= 0.3 is 10.1 Å². The maximum Gasteiger partial charge on any atom is 0.339 e. The van der Waals surface area contributed by atoms with Crippen LogP contribution in [0, 0.1) is 24.0 Å². The van der Waals surface area contributed by atoms with Crippen LogP contribution in [0.15, 0.2) is 41.3 Å². The SMILES string of the molecule is Cc1ccc(C(C)C)c(OS(=O)(=O)c2ccc([N+](=O)[O-])cc2C)c1. The first-order valence-corrected chi connectivity index (χ1v) is 8.82. The van der Waals surface area contributed by atoms with Gasteiger partial charge in [-0.2, -0.15) is 8.42 Å². The minimum Gasteiger partial charge on any atom is -0.379 e. The van der Waals surface area contributed by atoms with Crippen molar-refractivity contribution in [2.24, 2.45) is 0 Å². The summed E-state index contributed by atoms with van der Waals surface area (Å²) in [7, 11) is -4.08. The first-order valence-electron chi connectivity index (χ1n) is 7.42. The zero-order valence-corrected chi connectivity index (χ0v) is 14.8. The number of nitro benzene ring substituents is 1. The number of hydrogen-bond acceptors (Lipinski definition) is 5. The summed E-state index contributed by atoms with van der Waals surface area (Å²) in [4.78, 5) is 10.1. The van der Waals surface area contributed by atoms with Crippen molar-refractivity contribution in [3.8, 4) is 5.75 Å². The first-order chi connectivity index (χ1) is 11.1. The summed E-state index contributed by atoms with van der Waals surface area (Å²) < 4.78 is 30.5. The van der Waals surface area contributed by atoms with Gasteiger partial charge in [0.2, 0.25) is 0 Å². The van der Waals surface area contributed by atoms with Crippen LogP contribution in [0.4, 0.5) is 5.69 Å². The van der Waals surface area contributed by atoms with Gasteiger partial charge in [0.1, 0.15) is 10.6 Å². The van der Waals surface area contributed by atoms with Crippen LogP contribution < -0.4 is 4.18 Å². The molecule has 0 atom stereocenters. The van der Waals surface area contributed by atoms with E-state index in [9.17, 15) is 18.5 Å². The van der Waals surface area contributed by atoms with Crippen LogP contribution in [-0.4, -0.2) is 13.3 Å². The molecule has 2 rings (SSSR count). The third kappa shape index (κ3) is 3.73. The van der Waals surface area contributed by atoms with Crippen molar-refractivity contribution >= 4 is 15.8 Å². The Morgan fingerprint density at radius 1 is 1.08 bits per heavy atom.